The Morgan fingerprint density at radius 3 is 2.38 bits per heavy atom. The molecule has 1 aliphatic heterocycles. The number of piperazine rings is 1. The highest BCUT2D eigenvalue weighted by atomic mass is 16.2. The molecule has 1 aromatic heterocycles. The Hall–Kier alpha value is -2.56. The lowest BCUT2D eigenvalue weighted by atomic mass is 10.2. The highest BCUT2D eigenvalue weighted by molar-refractivity contribution is 5.92. The van der Waals surface area contributed by atoms with E-state index in [1.54, 1.807) is 12.3 Å². The van der Waals surface area contributed by atoms with Crippen molar-refractivity contribution in [3.05, 3.63) is 54.4 Å². The summed E-state index contributed by atoms with van der Waals surface area (Å²) in [7, 11) is 0. The predicted octanol–water partition coefficient (Wildman–Crippen LogP) is 1.63. The number of hydrogen-bond donors (Lipinski definition) is 1. The molecule has 0 radical (unpaired) electrons. The second-order valence-corrected chi connectivity index (χ2v) is 5.05. The van der Waals surface area contributed by atoms with Crippen molar-refractivity contribution >= 4 is 17.3 Å². The van der Waals surface area contributed by atoms with Crippen LogP contribution in [0.15, 0.2) is 48.7 Å². The van der Waals surface area contributed by atoms with Crippen LogP contribution in [0.1, 0.15) is 10.5 Å². The van der Waals surface area contributed by atoms with E-state index in [4.69, 9.17) is 5.73 Å². The van der Waals surface area contributed by atoms with Gasteiger partial charge in [0.05, 0.1) is 11.4 Å². The summed E-state index contributed by atoms with van der Waals surface area (Å²) in [6, 6.07) is 13.2. The highest BCUT2D eigenvalue weighted by Crippen LogP contribution is 2.23. The van der Waals surface area contributed by atoms with Crippen LogP contribution >= 0.6 is 0 Å². The third kappa shape index (κ3) is 2.81. The molecular weight excluding hydrogens is 264 g/mol. The lowest BCUT2D eigenvalue weighted by molar-refractivity contribution is 0.0741. The Balaban J connectivity index is 1.66. The number of nitrogens with two attached hydrogens (primary N) is 1. The number of carbonyl (C=O) groups is 1. The minimum atomic E-state index is -0.00344. The number of aromatic nitrogens is 1. The molecule has 0 unspecified atom stereocenters. The summed E-state index contributed by atoms with van der Waals surface area (Å²) in [6.07, 6.45) is 1.65. The summed E-state index contributed by atoms with van der Waals surface area (Å²) in [5.41, 5.74) is 8.33. The van der Waals surface area contributed by atoms with Gasteiger partial charge in [-0.25, -0.2) is 0 Å². The van der Waals surface area contributed by atoms with E-state index in [0.29, 0.717) is 18.8 Å². The van der Waals surface area contributed by atoms with Gasteiger partial charge in [0.2, 0.25) is 0 Å². The van der Waals surface area contributed by atoms with Gasteiger partial charge in [-0.1, -0.05) is 18.2 Å². The quantitative estimate of drug-likeness (QED) is 0.850. The van der Waals surface area contributed by atoms with E-state index >= 15 is 0 Å². The lowest BCUT2D eigenvalue weighted by Crippen LogP contribution is -2.49. The minimum Gasteiger partial charge on any atom is -0.397 e. The molecule has 1 saturated heterocycles. The van der Waals surface area contributed by atoms with Crippen molar-refractivity contribution in [2.24, 2.45) is 0 Å². The van der Waals surface area contributed by atoms with Crippen molar-refractivity contribution in [2.45, 2.75) is 0 Å². The Bertz CT molecular complexity index is 621. The summed E-state index contributed by atoms with van der Waals surface area (Å²) in [5.74, 6) is -0.00344. The van der Waals surface area contributed by atoms with Gasteiger partial charge in [-0.2, -0.15) is 0 Å². The molecule has 2 aromatic rings. The summed E-state index contributed by atoms with van der Waals surface area (Å²) in [4.78, 5) is 20.5. The predicted molar refractivity (Wildman–Crippen MR) is 83.2 cm³/mol. The average Bonchev–Trinajstić information content (AvgIpc) is 2.56. The molecule has 0 bridgehead atoms. The fraction of sp³-hybridized carbons (Fsp3) is 0.250. The minimum absolute atomic E-state index is 0.00344. The van der Waals surface area contributed by atoms with Crippen LogP contribution in [0.2, 0.25) is 0 Å². The summed E-state index contributed by atoms with van der Waals surface area (Å²) >= 11 is 0. The maximum Gasteiger partial charge on any atom is 0.272 e. The molecule has 2 N–H and O–H groups in total. The zero-order chi connectivity index (χ0) is 14.7. The SMILES string of the molecule is Nc1ccccc1N1CCN(C(=O)c2ccccn2)CC1. The van der Waals surface area contributed by atoms with Crippen molar-refractivity contribution in [1.29, 1.82) is 0 Å². The number of amides is 1. The zero-order valence-electron chi connectivity index (χ0n) is 11.8. The smallest absolute Gasteiger partial charge is 0.272 e. The van der Waals surface area contributed by atoms with Gasteiger partial charge < -0.3 is 15.5 Å². The van der Waals surface area contributed by atoms with Crippen LogP contribution in [0.25, 0.3) is 0 Å². The van der Waals surface area contributed by atoms with Crippen molar-refractivity contribution in [3.8, 4) is 0 Å². The normalized spacial score (nSPS) is 15.0. The topological polar surface area (TPSA) is 62.5 Å². The average molecular weight is 282 g/mol. The van der Waals surface area contributed by atoms with Crippen LogP contribution < -0.4 is 10.6 Å². The highest BCUT2D eigenvalue weighted by Gasteiger charge is 2.23. The number of rotatable bonds is 2. The van der Waals surface area contributed by atoms with Crippen LogP contribution in [-0.2, 0) is 0 Å². The van der Waals surface area contributed by atoms with Crippen molar-refractivity contribution in [3.63, 3.8) is 0 Å². The molecule has 108 valence electrons. The fourth-order valence-corrected chi connectivity index (χ4v) is 2.58. The maximum atomic E-state index is 12.3. The lowest BCUT2D eigenvalue weighted by Gasteiger charge is -2.36. The summed E-state index contributed by atoms with van der Waals surface area (Å²) < 4.78 is 0. The van der Waals surface area contributed by atoms with Gasteiger partial charge in [0.1, 0.15) is 5.69 Å². The van der Waals surface area contributed by atoms with Gasteiger partial charge in [-0.3, -0.25) is 9.78 Å². The molecule has 3 rings (SSSR count). The van der Waals surface area contributed by atoms with Gasteiger partial charge in [0.15, 0.2) is 0 Å². The molecule has 1 aromatic carbocycles. The molecule has 21 heavy (non-hydrogen) atoms. The van der Waals surface area contributed by atoms with E-state index < -0.39 is 0 Å². The molecule has 2 heterocycles. The third-order valence-electron chi connectivity index (χ3n) is 3.73. The fourth-order valence-electron chi connectivity index (χ4n) is 2.58. The Kier molecular flexibility index (Phi) is 3.73. The van der Waals surface area contributed by atoms with Crippen LogP contribution in [0.3, 0.4) is 0 Å². The monoisotopic (exact) mass is 282 g/mol. The molecule has 5 heteroatoms. The zero-order valence-corrected chi connectivity index (χ0v) is 11.8. The summed E-state index contributed by atoms with van der Waals surface area (Å²) in [6.45, 7) is 2.94. The molecule has 1 aliphatic rings. The molecule has 1 fully saturated rings. The molecule has 1 amide bonds. The van der Waals surface area contributed by atoms with Gasteiger partial charge >= 0.3 is 0 Å². The van der Waals surface area contributed by atoms with E-state index in [9.17, 15) is 4.79 Å². The maximum absolute atomic E-state index is 12.3. The first-order chi connectivity index (χ1) is 10.3. The van der Waals surface area contributed by atoms with E-state index in [0.717, 1.165) is 24.5 Å². The van der Waals surface area contributed by atoms with E-state index in [1.807, 2.05) is 41.3 Å². The second-order valence-electron chi connectivity index (χ2n) is 5.05. The Morgan fingerprint density at radius 2 is 1.71 bits per heavy atom. The number of anilines is 2. The largest absolute Gasteiger partial charge is 0.397 e. The van der Waals surface area contributed by atoms with Gasteiger partial charge in [-0.15, -0.1) is 0 Å². The van der Waals surface area contributed by atoms with E-state index in [2.05, 4.69) is 9.88 Å². The number of benzene rings is 1. The Morgan fingerprint density at radius 1 is 1.00 bits per heavy atom. The number of carbonyl (C=O) groups excluding carboxylic acids is 1. The van der Waals surface area contributed by atoms with E-state index in [-0.39, 0.29) is 5.91 Å². The number of nitrogen functional groups attached to an aromatic ring is 1. The van der Waals surface area contributed by atoms with Crippen molar-refractivity contribution in [1.82, 2.24) is 9.88 Å². The molecule has 0 aliphatic carbocycles. The van der Waals surface area contributed by atoms with E-state index in [1.165, 1.54) is 0 Å². The molecule has 0 saturated carbocycles. The number of para-hydroxylation sites is 2. The van der Waals surface area contributed by atoms with Gasteiger partial charge in [-0.05, 0) is 24.3 Å². The number of pyridine rings is 1. The standard InChI is InChI=1S/C16H18N4O/c17-13-5-1-2-7-15(13)19-9-11-20(12-10-19)16(21)14-6-3-4-8-18-14/h1-8H,9-12,17H2. The first-order valence-electron chi connectivity index (χ1n) is 7.05. The molecule has 0 atom stereocenters. The molecule has 5 nitrogen and oxygen atoms in total. The second kappa shape index (κ2) is 5.83. The first-order valence-corrected chi connectivity index (χ1v) is 7.05. The summed E-state index contributed by atoms with van der Waals surface area (Å²) in [5, 5.41) is 0. The van der Waals surface area contributed by atoms with Crippen LogP contribution in [0.4, 0.5) is 11.4 Å². The van der Waals surface area contributed by atoms with Crippen molar-refractivity contribution < 1.29 is 4.79 Å². The first kappa shape index (κ1) is 13.4. The van der Waals surface area contributed by atoms with Crippen LogP contribution in [-0.4, -0.2) is 42.0 Å². The van der Waals surface area contributed by atoms with Crippen molar-refractivity contribution in [2.75, 3.05) is 36.8 Å². The van der Waals surface area contributed by atoms with Crippen LogP contribution in [0, 0.1) is 0 Å². The Labute approximate surface area is 124 Å². The van der Waals surface area contributed by atoms with Gasteiger partial charge in [0, 0.05) is 32.4 Å². The third-order valence-corrected chi connectivity index (χ3v) is 3.73. The molecule has 0 spiro atoms. The number of nitrogens with zero attached hydrogens (tertiary/aromatic N) is 3. The number of hydrogen-bond acceptors (Lipinski definition) is 4. The van der Waals surface area contributed by atoms with Gasteiger partial charge in [0.25, 0.3) is 5.91 Å². The van der Waals surface area contributed by atoms with Crippen LogP contribution in [0.5, 0.6) is 0 Å². The molecular formula is C16H18N4O.